The minimum Gasteiger partial charge on any atom is -0.365 e. The first-order valence-electron chi connectivity index (χ1n) is 29.1. The standard InChI is InChI=1S/C66H68B2N4S2/c1-7-23-45(24-8-1)69(46-25-9-2-10-26-46)51-39-59-65-63(41-51)73-61-44-62-56(43-55(61)67(65)53-35-19-21-37-57(53)71(59)49-31-15-5-16-32-49)68-54-36-20-22-38-58(54)72(50-33-17-6-18-34-50)60-40-52(42-64(74-62)66(60)68)70(47-27-11-3-12-28-47)48-29-13-4-14-30-48/h5-6,15-22,31-48H,1-4,7-14,23-30H2. The first-order valence-corrected chi connectivity index (χ1v) is 30.7. The van der Waals surface area contributed by atoms with Crippen LogP contribution in [0.1, 0.15) is 128 Å². The van der Waals surface area contributed by atoms with Crippen molar-refractivity contribution < 1.29 is 0 Å². The van der Waals surface area contributed by atoms with Crippen LogP contribution in [0.5, 0.6) is 0 Å². The van der Waals surface area contributed by atoms with E-state index in [-0.39, 0.29) is 13.4 Å². The van der Waals surface area contributed by atoms with E-state index in [4.69, 9.17) is 0 Å². The molecule has 4 heterocycles. The highest BCUT2D eigenvalue weighted by molar-refractivity contribution is 8.01. The molecule has 0 aromatic heterocycles. The van der Waals surface area contributed by atoms with E-state index >= 15 is 0 Å². The van der Waals surface area contributed by atoms with Crippen molar-refractivity contribution in [2.75, 3.05) is 19.6 Å². The Labute approximate surface area is 449 Å². The third-order valence-corrected chi connectivity index (χ3v) is 21.2. The predicted molar refractivity (Wildman–Crippen MR) is 319 cm³/mol. The molecule has 4 aliphatic carbocycles. The lowest BCUT2D eigenvalue weighted by atomic mass is 9.32. The number of hydrogen-bond donors (Lipinski definition) is 0. The van der Waals surface area contributed by atoms with Crippen molar-refractivity contribution in [3.05, 3.63) is 146 Å². The lowest BCUT2D eigenvalue weighted by Gasteiger charge is -2.46. The molecule has 8 heteroatoms. The number of rotatable bonds is 8. The van der Waals surface area contributed by atoms with Crippen LogP contribution in [-0.4, -0.2) is 37.6 Å². The lowest BCUT2D eigenvalue weighted by Crippen LogP contribution is -2.63. The molecule has 74 heavy (non-hydrogen) atoms. The summed E-state index contributed by atoms with van der Waals surface area (Å²) in [5.41, 5.74) is 19.5. The summed E-state index contributed by atoms with van der Waals surface area (Å²) in [4.78, 5) is 17.0. The first-order chi connectivity index (χ1) is 36.7. The monoisotopic (exact) mass is 1000 g/mol. The summed E-state index contributed by atoms with van der Waals surface area (Å²) >= 11 is 4.14. The van der Waals surface area contributed by atoms with Gasteiger partial charge in [0.1, 0.15) is 0 Å². The molecule has 0 unspecified atom stereocenters. The van der Waals surface area contributed by atoms with Crippen molar-refractivity contribution >= 4 is 115 Å². The third-order valence-electron chi connectivity index (χ3n) is 18.9. The van der Waals surface area contributed by atoms with Crippen LogP contribution >= 0.6 is 23.5 Å². The Morgan fingerprint density at radius 2 is 0.676 bits per heavy atom. The molecular weight excluding hydrogens is 935 g/mol. The lowest BCUT2D eigenvalue weighted by molar-refractivity contribution is 0.340. The second-order valence-electron chi connectivity index (χ2n) is 23.2. The van der Waals surface area contributed by atoms with Gasteiger partial charge in [-0.15, -0.1) is 0 Å². The summed E-state index contributed by atoms with van der Waals surface area (Å²) in [5.74, 6) is 0. The number of benzene rings is 7. The predicted octanol–water partition coefficient (Wildman–Crippen LogP) is 14.2. The zero-order valence-corrected chi connectivity index (χ0v) is 44.7. The van der Waals surface area contributed by atoms with Crippen molar-refractivity contribution in [1.82, 2.24) is 0 Å². The van der Waals surface area contributed by atoms with Crippen LogP contribution in [0.25, 0.3) is 0 Å². The second kappa shape index (κ2) is 19.3. The molecule has 0 spiro atoms. The fourth-order valence-electron chi connectivity index (χ4n) is 15.7. The van der Waals surface area contributed by atoms with Gasteiger partial charge >= 0.3 is 0 Å². The Kier molecular flexibility index (Phi) is 12.0. The van der Waals surface area contributed by atoms with Gasteiger partial charge < -0.3 is 19.6 Å². The molecule has 370 valence electrons. The molecule has 4 aliphatic heterocycles. The molecule has 0 N–H and O–H groups in total. The van der Waals surface area contributed by atoms with Crippen LogP contribution in [0, 0.1) is 0 Å². The van der Waals surface area contributed by atoms with E-state index in [1.54, 1.807) is 0 Å². The van der Waals surface area contributed by atoms with Gasteiger partial charge in [-0.2, -0.15) is 0 Å². The molecule has 0 atom stereocenters. The fraction of sp³-hybridized carbons (Fsp3) is 0.364. The smallest absolute Gasteiger partial charge is 0.249 e. The molecular formula is C66H68B2N4S2. The van der Waals surface area contributed by atoms with Crippen molar-refractivity contribution in [1.29, 1.82) is 0 Å². The van der Waals surface area contributed by atoms with Gasteiger partial charge in [0.25, 0.3) is 0 Å². The van der Waals surface area contributed by atoms with Crippen LogP contribution in [0.4, 0.5) is 45.5 Å². The maximum absolute atomic E-state index is 2.99. The van der Waals surface area contributed by atoms with Gasteiger partial charge in [-0.05, 0) is 140 Å². The summed E-state index contributed by atoms with van der Waals surface area (Å²) < 4.78 is 0. The van der Waals surface area contributed by atoms with Gasteiger partial charge in [0.15, 0.2) is 0 Å². The molecule has 7 aromatic carbocycles. The Morgan fingerprint density at radius 1 is 0.324 bits per heavy atom. The van der Waals surface area contributed by atoms with E-state index in [0.717, 1.165) is 0 Å². The highest BCUT2D eigenvalue weighted by Gasteiger charge is 2.47. The molecule has 0 saturated heterocycles. The van der Waals surface area contributed by atoms with E-state index in [1.807, 2.05) is 0 Å². The van der Waals surface area contributed by atoms with Crippen molar-refractivity contribution in [3.8, 4) is 0 Å². The second-order valence-corrected chi connectivity index (χ2v) is 25.4. The maximum atomic E-state index is 2.99. The number of fused-ring (bicyclic) bond motifs is 8. The summed E-state index contributed by atoms with van der Waals surface area (Å²) in [6.07, 6.45) is 26.8. The van der Waals surface area contributed by atoms with Gasteiger partial charge in [-0.1, -0.05) is 190 Å². The van der Waals surface area contributed by atoms with Gasteiger partial charge in [-0.3, -0.25) is 0 Å². The summed E-state index contributed by atoms with van der Waals surface area (Å²) in [7, 11) is 0. The van der Waals surface area contributed by atoms with E-state index in [0.29, 0.717) is 24.2 Å². The Hall–Kier alpha value is -5.43. The largest absolute Gasteiger partial charge is 0.365 e. The molecule has 4 saturated carbocycles. The molecule has 0 radical (unpaired) electrons. The molecule has 15 rings (SSSR count). The fourth-order valence-corrected chi connectivity index (χ4v) is 18.3. The summed E-state index contributed by atoms with van der Waals surface area (Å²) in [6, 6.07) is 59.9. The SMILES string of the molecule is c1ccc(N2c3ccccc3B3c4cc5c(cc4Sc4cc(N(C6CCCCC6)C6CCCCC6)cc2c43)Sc2cc(N(C3CCCCC3)C3CCCCC3)cc3c2B5c2ccccc2N3c2ccccc2)cc1. The Balaban J connectivity index is 0.935. The quantitative estimate of drug-likeness (QED) is 0.140. The average Bonchev–Trinajstić information content (AvgIpc) is 3.47. The molecule has 0 bridgehead atoms. The zero-order chi connectivity index (χ0) is 48.7. The zero-order valence-electron chi connectivity index (χ0n) is 43.1. The minimum atomic E-state index is 0.122. The number of anilines is 8. The maximum Gasteiger partial charge on any atom is 0.249 e. The van der Waals surface area contributed by atoms with Gasteiger partial charge in [0.2, 0.25) is 13.4 Å². The Bertz CT molecular complexity index is 2980. The number of hydrogen-bond acceptors (Lipinski definition) is 6. The number of nitrogens with zero attached hydrogens (tertiary/aromatic N) is 4. The number of para-hydroxylation sites is 4. The van der Waals surface area contributed by atoms with Crippen LogP contribution in [0.15, 0.2) is 165 Å². The van der Waals surface area contributed by atoms with E-state index in [9.17, 15) is 0 Å². The van der Waals surface area contributed by atoms with Crippen LogP contribution in [0.3, 0.4) is 0 Å². The van der Waals surface area contributed by atoms with Crippen LogP contribution < -0.4 is 52.4 Å². The van der Waals surface area contributed by atoms with E-state index < -0.39 is 0 Å². The normalized spacial score (nSPS) is 19.5. The molecule has 4 nitrogen and oxygen atoms in total. The van der Waals surface area contributed by atoms with Crippen LogP contribution in [0.2, 0.25) is 0 Å². The van der Waals surface area contributed by atoms with Crippen molar-refractivity contribution in [2.45, 2.75) is 172 Å². The van der Waals surface area contributed by atoms with Gasteiger partial charge in [0, 0.05) is 89.2 Å². The topological polar surface area (TPSA) is 13.0 Å². The van der Waals surface area contributed by atoms with Crippen molar-refractivity contribution in [2.24, 2.45) is 0 Å². The first kappa shape index (κ1) is 45.9. The van der Waals surface area contributed by atoms with E-state index in [1.165, 1.54) is 226 Å². The molecule has 0 amide bonds. The highest BCUT2D eigenvalue weighted by atomic mass is 32.2. The molecule has 8 aliphatic rings. The Morgan fingerprint density at radius 3 is 1.05 bits per heavy atom. The van der Waals surface area contributed by atoms with Gasteiger partial charge in [0.05, 0.1) is 0 Å². The minimum absolute atomic E-state index is 0.122. The summed E-state index contributed by atoms with van der Waals surface area (Å²) in [6.45, 7) is 0.244. The van der Waals surface area contributed by atoms with Gasteiger partial charge in [-0.25, -0.2) is 0 Å². The average molecular weight is 1000 g/mol. The van der Waals surface area contributed by atoms with Crippen LogP contribution in [-0.2, 0) is 0 Å². The molecule has 7 aromatic rings. The van der Waals surface area contributed by atoms with E-state index in [2.05, 4.69) is 189 Å². The third kappa shape index (κ3) is 7.72. The molecule has 4 fully saturated rings. The van der Waals surface area contributed by atoms with Crippen molar-refractivity contribution in [3.63, 3.8) is 0 Å². The highest BCUT2D eigenvalue weighted by Crippen LogP contribution is 2.49. The summed E-state index contributed by atoms with van der Waals surface area (Å²) in [5, 5.41) is 0.